The smallest absolute Gasteiger partial charge is 0.293 e. The van der Waals surface area contributed by atoms with E-state index in [2.05, 4.69) is 6.92 Å². The highest BCUT2D eigenvalue weighted by Gasteiger charge is 2.35. The Morgan fingerprint density at radius 1 is 1.10 bits per heavy atom. The fourth-order valence-electron chi connectivity index (χ4n) is 2.85. The number of hydrogen-bond acceptors (Lipinski definition) is 5. The van der Waals surface area contributed by atoms with E-state index >= 15 is 0 Å². The Morgan fingerprint density at radius 2 is 1.83 bits per heavy atom. The number of ether oxygens (including phenoxy) is 2. The molecule has 0 saturated carbocycles. The molecule has 158 valence electrons. The van der Waals surface area contributed by atoms with Crippen LogP contribution in [-0.4, -0.2) is 29.8 Å². The Balaban J connectivity index is 1.79. The number of amides is 2. The van der Waals surface area contributed by atoms with Gasteiger partial charge in [0.25, 0.3) is 11.1 Å². The van der Waals surface area contributed by atoms with Gasteiger partial charge in [-0.3, -0.25) is 14.5 Å². The monoisotopic (exact) mass is 465 g/mol. The summed E-state index contributed by atoms with van der Waals surface area (Å²) in [7, 11) is 1.56. The van der Waals surface area contributed by atoms with Crippen LogP contribution in [0.5, 0.6) is 11.5 Å². The van der Waals surface area contributed by atoms with Gasteiger partial charge in [0.2, 0.25) is 0 Å². The standard InChI is InChI=1S/C22H21Cl2NO4S/c1-3-4-10-29-18-9-8-14(11-19(18)28-2)12-20-21(26)25(22(27)30-20)13-15-16(23)6-5-7-17(15)24/h5-9,11-12H,3-4,10,13H2,1-2H3/b20-12-. The lowest BCUT2D eigenvalue weighted by atomic mass is 10.1. The Labute approximate surface area is 189 Å². The molecule has 8 heteroatoms. The summed E-state index contributed by atoms with van der Waals surface area (Å²) >= 11 is 13.2. The van der Waals surface area contributed by atoms with Crippen molar-refractivity contribution in [1.82, 2.24) is 4.90 Å². The number of methoxy groups -OCH3 is 1. The second-order valence-electron chi connectivity index (χ2n) is 6.58. The predicted octanol–water partition coefficient (Wildman–Crippen LogP) is 6.42. The molecule has 0 radical (unpaired) electrons. The Hall–Kier alpha value is -2.15. The maximum Gasteiger partial charge on any atom is 0.293 e. The quantitative estimate of drug-likeness (QED) is 0.332. The summed E-state index contributed by atoms with van der Waals surface area (Å²) in [5.74, 6) is 0.828. The number of unbranched alkanes of at least 4 members (excludes halogenated alkanes) is 1. The molecule has 2 amide bonds. The van der Waals surface area contributed by atoms with Gasteiger partial charge in [0.1, 0.15) is 0 Å². The highest BCUT2D eigenvalue weighted by molar-refractivity contribution is 8.18. The molecule has 0 aliphatic carbocycles. The average Bonchev–Trinajstić information content (AvgIpc) is 2.98. The van der Waals surface area contributed by atoms with E-state index in [0.29, 0.717) is 38.6 Å². The van der Waals surface area contributed by atoms with E-state index in [1.54, 1.807) is 43.5 Å². The molecule has 0 spiro atoms. The fourth-order valence-corrected chi connectivity index (χ4v) is 4.20. The van der Waals surface area contributed by atoms with Crippen LogP contribution in [0.15, 0.2) is 41.3 Å². The largest absolute Gasteiger partial charge is 0.493 e. The number of halogens is 2. The van der Waals surface area contributed by atoms with Crippen LogP contribution in [0.3, 0.4) is 0 Å². The van der Waals surface area contributed by atoms with Crippen molar-refractivity contribution in [3.8, 4) is 11.5 Å². The highest BCUT2D eigenvalue weighted by atomic mass is 35.5. The fraction of sp³-hybridized carbons (Fsp3) is 0.273. The van der Waals surface area contributed by atoms with Gasteiger partial charge in [0.05, 0.1) is 25.2 Å². The molecule has 0 aromatic heterocycles. The summed E-state index contributed by atoms with van der Waals surface area (Å²) in [6, 6.07) is 10.5. The van der Waals surface area contributed by atoms with Gasteiger partial charge in [-0.2, -0.15) is 0 Å². The maximum absolute atomic E-state index is 12.8. The zero-order valence-corrected chi connectivity index (χ0v) is 18.9. The highest BCUT2D eigenvalue weighted by Crippen LogP contribution is 2.37. The van der Waals surface area contributed by atoms with E-state index in [9.17, 15) is 9.59 Å². The molecule has 0 unspecified atom stereocenters. The van der Waals surface area contributed by atoms with Crippen LogP contribution >= 0.6 is 35.0 Å². The van der Waals surface area contributed by atoms with Crippen LogP contribution in [-0.2, 0) is 11.3 Å². The van der Waals surface area contributed by atoms with Gasteiger partial charge in [0, 0.05) is 15.6 Å². The molecule has 1 aliphatic heterocycles. The predicted molar refractivity (Wildman–Crippen MR) is 121 cm³/mol. The van der Waals surface area contributed by atoms with Crippen LogP contribution in [0.4, 0.5) is 4.79 Å². The molecule has 5 nitrogen and oxygen atoms in total. The number of imide groups is 1. The van der Waals surface area contributed by atoms with Crippen molar-refractivity contribution >= 4 is 52.2 Å². The lowest BCUT2D eigenvalue weighted by Gasteiger charge is -2.14. The van der Waals surface area contributed by atoms with Crippen molar-refractivity contribution < 1.29 is 19.1 Å². The number of hydrogen-bond donors (Lipinski definition) is 0. The summed E-state index contributed by atoms with van der Waals surface area (Å²) in [6.07, 6.45) is 3.65. The Kier molecular flexibility index (Phi) is 7.69. The first kappa shape index (κ1) is 22.5. The van der Waals surface area contributed by atoms with Gasteiger partial charge >= 0.3 is 0 Å². The summed E-state index contributed by atoms with van der Waals surface area (Å²) in [5.41, 5.74) is 1.27. The van der Waals surface area contributed by atoms with E-state index in [-0.39, 0.29) is 17.7 Å². The maximum atomic E-state index is 12.8. The molecule has 1 fully saturated rings. The third-order valence-electron chi connectivity index (χ3n) is 4.49. The van der Waals surface area contributed by atoms with E-state index in [1.165, 1.54) is 0 Å². The van der Waals surface area contributed by atoms with Crippen LogP contribution in [0.25, 0.3) is 6.08 Å². The minimum Gasteiger partial charge on any atom is -0.493 e. The topological polar surface area (TPSA) is 55.8 Å². The molecular weight excluding hydrogens is 445 g/mol. The van der Waals surface area contributed by atoms with Crippen molar-refractivity contribution in [3.05, 3.63) is 62.5 Å². The van der Waals surface area contributed by atoms with Crippen molar-refractivity contribution in [1.29, 1.82) is 0 Å². The first-order valence-corrected chi connectivity index (χ1v) is 11.0. The van der Waals surface area contributed by atoms with E-state index in [1.807, 2.05) is 6.07 Å². The number of benzene rings is 2. The molecule has 0 atom stereocenters. The van der Waals surface area contributed by atoms with Gasteiger partial charge in [-0.1, -0.05) is 48.7 Å². The number of carbonyl (C=O) groups excluding carboxylic acids is 2. The third kappa shape index (κ3) is 5.12. The molecule has 2 aromatic rings. The van der Waals surface area contributed by atoms with E-state index in [0.717, 1.165) is 35.1 Å². The van der Waals surface area contributed by atoms with E-state index in [4.69, 9.17) is 32.7 Å². The van der Waals surface area contributed by atoms with Gasteiger partial charge in [-0.15, -0.1) is 0 Å². The summed E-state index contributed by atoms with van der Waals surface area (Å²) in [6.45, 7) is 2.72. The second-order valence-corrected chi connectivity index (χ2v) is 8.39. The van der Waals surface area contributed by atoms with Gasteiger partial charge in [-0.25, -0.2) is 0 Å². The van der Waals surface area contributed by atoms with Gasteiger partial charge < -0.3 is 9.47 Å². The first-order chi connectivity index (χ1) is 14.4. The van der Waals surface area contributed by atoms with Gasteiger partial charge in [-0.05, 0) is 54.1 Å². The molecule has 0 bridgehead atoms. The molecule has 1 saturated heterocycles. The average molecular weight is 466 g/mol. The molecular formula is C22H21Cl2NO4S. The normalized spacial score (nSPS) is 15.2. The molecule has 2 aromatic carbocycles. The first-order valence-electron chi connectivity index (χ1n) is 9.43. The van der Waals surface area contributed by atoms with Crippen molar-refractivity contribution in [2.45, 2.75) is 26.3 Å². The number of nitrogens with zero attached hydrogens (tertiary/aromatic N) is 1. The lowest BCUT2D eigenvalue weighted by Crippen LogP contribution is -2.27. The van der Waals surface area contributed by atoms with Crippen molar-refractivity contribution in [2.75, 3.05) is 13.7 Å². The zero-order valence-electron chi connectivity index (χ0n) is 16.6. The number of rotatable bonds is 8. The van der Waals surface area contributed by atoms with Gasteiger partial charge in [0.15, 0.2) is 11.5 Å². The molecule has 1 aliphatic rings. The lowest BCUT2D eigenvalue weighted by molar-refractivity contribution is -0.123. The second kappa shape index (κ2) is 10.2. The summed E-state index contributed by atoms with van der Waals surface area (Å²) < 4.78 is 11.1. The minimum absolute atomic E-state index is 0.0219. The number of thioether (sulfide) groups is 1. The van der Waals surface area contributed by atoms with Crippen molar-refractivity contribution in [2.24, 2.45) is 0 Å². The third-order valence-corrected chi connectivity index (χ3v) is 6.11. The summed E-state index contributed by atoms with van der Waals surface area (Å²) in [5, 5.41) is 0.455. The molecule has 1 heterocycles. The van der Waals surface area contributed by atoms with Crippen LogP contribution < -0.4 is 9.47 Å². The number of carbonyl (C=O) groups is 2. The SMILES string of the molecule is CCCCOc1ccc(/C=C2\SC(=O)N(Cc3c(Cl)cccc3Cl)C2=O)cc1OC. The van der Waals surface area contributed by atoms with Crippen LogP contribution in [0, 0.1) is 0 Å². The molecule has 30 heavy (non-hydrogen) atoms. The van der Waals surface area contributed by atoms with Crippen molar-refractivity contribution in [3.63, 3.8) is 0 Å². The zero-order chi connectivity index (χ0) is 21.7. The molecule has 3 rings (SSSR count). The van der Waals surface area contributed by atoms with Crippen LogP contribution in [0.1, 0.15) is 30.9 Å². The minimum atomic E-state index is -0.386. The Bertz CT molecular complexity index is 973. The van der Waals surface area contributed by atoms with Crippen LogP contribution in [0.2, 0.25) is 10.0 Å². The Morgan fingerprint density at radius 3 is 2.50 bits per heavy atom. The van der Waals surface area contributed by atoms with E-state index < -0.39 is 0 Å². The summed E-state index contributed by atoms with van der Waals surface area (Å²) in [4.78, 5) is 26.7. The molecule has 0 N–H and O–H groups in total.